The normalized spacial score (nSPS) is 24.5. The van der Waals surface area contributed by atoms with Crippen molar-refractivity contribution in [3.05, 3.63) is 35.9 Å². The maximum absolute atomic E-state index is 11.0. The lowest BCUT2D eigenvalue weighted by molar-refractivity contribution is -0.121. The Morgan fingerprint density at radius 1 is 1.31 bits per heavy atom. The number of ether oxygens (including phenoxy) is 1. The van der Waals surface area contributed by atoms with Crippen molar-refractivity contribution in [1.82, 2.24) is 0 Å². The quantitative estimate of drug-likeness (QED) is 0.840. The molecule has 0 aromatic heterocycles. The van der Waals surface area contributed by atoms with E-state index in [0.717, 1.165) is 19.3 Å². The summed E-state index contributed by atoms with van der Waals surface area (Å²) in [6.07, 6.45) is 2.79. The Balaban J connectivity index is 1.78. The Bertz CT molecular complexity index is 350. The van der Waals surface area contributed by atoms with Crippen LogP contribution in [0.5, 0.6) is 0 Å². The molecule has 3 heteroatoms. The lowest BCUT2D eigenvalue weighted by Gasteiger charge is -2.11. The van der Waals surface area contributed by atoms with Crippen LogP contribution < -0.4 is 5.73 Å². The van der Waals surface area contributed by atoms with Crippen molar-refractivity contribution >= 4 is 5.91 Å². The fourth-order valence-corrected chi connectivity index (χ4v) is 2.14. The number of hydrogen-bond donors (Lipinski definition) is 1. The molecule has 16 heavy (non-hydrogen) atoms. The number of carbonyl (C=O) groups is 1. The summed E-state index contributed by atoms with van der Waals surface area (Å²) in [6, 6.07) is 10.1. The molecule has 2 rings (SSSR count). The van der Waals surface area contributed by atoms with Crippen molar-refractivity contribution in [2.24, 2.45) is 11.7 Å². The average Bonchev–Trinajstić information content (AvgIpc) is 2.76. The van der Waals surface area contributed by atoms with Gasteiger partial charge in [-0.25, -0.2) is 0 Å². The van der Waals surface area contributed by atoms with Crippen molar-refractivity contribution in [3.63, 3.8) is 0 Å². The molecule has 0 saturated heterocycles. The largest absolute Gasteiger partial charge is 0.374 e. The van der Waals surface area contributed by atoms with Crippen LogP contribution in [0, 0.1) is 5.92 Å². The summed E-state index contributed by atoms with van der Waals surface area (Å²) in [5, 5.41) is 0. The maximum Gasteiger partial charge on any atom is 0.220 e. The Hall–Kier alpha value is -1.35. The third kappa shape index (κ3) is 2.83. The van der Waals surface area contributed by atoms with Crippen LogP contribution in [-0.2, 0) is 16.1 Å². The Morgan fingerprint density at radius 2 is 2.06 bits per heavy atom. The minimum atomic E-state index is -0.189. The third-order valence-corrected chi connectivity index (χ3v) is 3.12. The van der Waals surface area contributed by atoms with Crippen molar-refractivity contribution in [2.75, 3.05) is 0 Å². The van der Waals surface area contributed by atoms with Gasteiger partial charge < -0.3 is 10.5 Å². The highest BCUT2D eigenvalue weighted by molar-refractivity contribution is 5.76. The average molecular weight is 219 g/mol. The van der Waals surface area contributed by atoms with E-state index in [9.17, 15) is 4.79 Å². The van der Waals surface area contributed by atoms with Crippen molar-refractivity contribution in [2.45, 2.75) is 32.0 Å². The minimum Gasteiger partial charge on any atom is -0.374 e. The Kier molecular flexibility index (Phi) is 3.57. The van der Waals surface area contributed by atoms with Gasteiger partial charge in [-0.3, -0.25) is 4.79 Å². The molecule has 0 spiro atoms. The first-order valence-corrected chi connectivity index (χ1v) is 5.70. The third-order valence-electron chi connectivity index (χ3n) is 3.12. The molecule has 2 atom stereocenters. The highest BCUT2D eigenvalue weighted by Gasteiger charge is 2.28. The fourth-order valence-electron chi connectivity index (χ4n) is 2.14. The van der Waals surface area contributed by atoms with Gasteiger partial charge in [-0.1, -0.05) is 30.3 Å². The molecular formula is C13H17NO2. The summed E-state index contributed by atoms with van der Waals surface area (Å²) in [7, 11) is 0. The van der Waals surface area contributed by atoms with E-state index < -0.39 is 0 Å². The van der Waals surface area contributed by atoms with E-state index in [-0.39, 0.29) is 17.9 Å². The highest BCUT2D eigenvalue weighted by atomic mass is 16.5. The van der Waals surface area contributed by atoms with E-state index in [1.165, 1.54) is 5.56 Å². The van der Waals surface area contributed by atoms with Gasteiger partial charge in [-0.15, -0.1) is 0 Å². The molecule has 0 aliphatic heterocycles. The molecule has 1 fully saturated rings. The molecule has 1 aliphatic carbocycles. The van der Waals surface area contributed by atoms with Crippen LogP contribution >= 0.6 is 0 Å². The molecule has 1 aliphatic rings. The zero-order valence-corrected chi connectivity index (χ0v) is 9.26. The van der Waals surface area contributed by atoms with E-state index in [1.54, 1.807) is 0 Å². The van der Waals surface area contributed by atoms with Crippen LogP contribution in [0.3, 0.4) is 0 Å². The molecular weight excluding hydrogens is 202 g/mol. The number of rotatable bonds is 4. The summed E-state index contributed by atoms with van der Waals surface area (Å²) in [5.41, 5.74) is 6.44. The van der Waals surface area contributed by atoms with Crippen LogP contribution in [0.15, 0.2) is 30.3 Å². The maximum atomic E-state index is 11.0. The first-order valence-electron chi connectivity index (χ1n) is 5.70. The Labute approximate surface area is 95.6 Å². The van der Waals surface area contributed by atoms with Gasteiger partial charge in [0.25, 0.3) is 0 Å². The molecule has 1 aromatic rings. The molecule has 1 amide bonds. The van der Waals surface area contributed by atoms with E-state index in [0.29, 0.717) is 6.61 Å². The molecule has 2 N–H and O–H groups in total. The molecule has 0 heterocycles. The van der Waals surface area contributed by atoms with Crippen LogP contribution in [0.1, 0.15) is 24.8 Å². The second-order valence-electron chi connectivity index (χ2n) is 4.33. The number of nitrogens with two attached hydrogens (primary N) is 1. The number of benzene rings is 1. The lowest BCUT2D eigenvalue weighted by Crippen LogP contribution is -2.21. The van der Waals surface area contributed by atoms with Gasteiger partial charge in [0.1, 0.15) is 0 Å². The van der Waals surface area contributed by atoms with Gasteiger partial charge in [-0.05, 0) is 24.8 Å². The molecule has 0 radical (unpaired) electrons. The van der Waals surface area contributed by atoms with Gasteiger partial charge in [0, 0.05) is 5.92 Å². The smallest absolute Gasteiger partial charge is 0.220 e. The van der Waals surface area contributed by atoms with E-state index >= 15 is 0 Å². The molecule has 0 bridgehead atoms. The molecule has 1 saturated carbocycles. The van der Waals surface area contributed by atoms with Gasteiger partial charge in [0.05, 0.1) is 12.7 Å². The van der Waals surface area contributed by atoms with E-state index in [4.69, 9.17) is 10.5 Å². The van der Waals surface area contributed by atoms with Crippen LogP contribution in [0.4, 0.5) is 0 Å². The second kappa shape index (κ2) is 5.12. The van der Waals surface area contributed by atoms with Gasteiger partial charge in [0.15, 0.2) is 0 Å². The number of hydrogen-bond acceptors (Lipinski definition) is 2. The summed E-state index contributed by atoms with van der Waals surface area (Å²) in [4.78, 5) is 11.0. The van der Waals surface area contributed by atoms with E-state index in [2.05, 4.69) is 0 Å². The predicted molar refractivity (Wildman–Crippen MR) is 61.6 cm³/mol. The number of primary amides is 1. The SMILES string of the molecule is NC(=O)C1CCC(OCc2ccccc2)C1. The molecule has 1 aromatic carbocycles. The van der Waals surface area contributed by atoms with Crippen LogP contribution in [0.2, 0.25) is 0 Å². The summed E-state index contributed by atoms with van der Waals surface area (Å²) < 4.78 is 5.76. The standard InChI is InChI=1S/C13H17NO2/c14-13(15)11-6-7-12(8-11)16-9-10-4-2-1-3-5-10/h1-5,11-12H,6-9H2,(H2,14,15). The van der Waals surface area contributed by atoms with Crippen LogP contribution in [0.25, 0.3) is 0 Å². The number of amides is 1. The fraction of sp³-hybridized carbons (Fsp3) is 0.462. The Morgan fingerprint density at radius 3 is 2.69 bits per heavy atom. The lowest BCUT2D eigenvalue weighted by atomic mass is 10.1. The van der Waals surface area contributed by atoms with Gasteiger partial charge in [-0.2, -0.15) is 0 Å². The van der Waals surface area contributed by atoms with Gasteiger partial charge >= 0.3 is 0 Å². The van der Waals surface area contributed by atoms with Gasteiger partial charge in [0.2, 0.25) is 5.91 Å². The summed E-state index contributed by atoms with van der Waals surface area (Å²) in [6.45, 7) is 0.622. The molecule has 3 nitrogen and oxygen atoms in total. The topological polar surface area (TPSA) is 52.3 Å². The first-order chi connectivity index (χ1) is 7.75. The van der Waals surface area contributed by atoms with Crippen molar-refractivity contribution < 1.29 is 9.53 Å². The molecule has 2 unspecified atom stereocenters. The zero-order chi connectivity index (χ0) is 11.4. The monoisotopic (exact) mass is 219 g/mol. The highest BCUT2D eigenvalue weighted by Crippen LogP contribution is 2.28. The molecule has 86 valence electrons. The van der Waals surface area contributed by atoms with Crippen LogP contribution in [-0.4, -0.2) is 12.0 Å². The van der Waals surface area contributed by atoms with Crippen molar-refractivity contribution in [1.29, 1.82) is 0 Å². The summed E-state index contributed by atoms with van der Waals surface area (Å²) >= 11 is 0. The second-order valence-corrected chi connectivity index (χ2v) is 4.33. The van der Waals surface area contributed by atoms with Crippen molar-refractivity contribution in [3.8, 4) is 0 Å². The first kappa shape index (κ1) is 11.1. The number of carbonyl (C=O) groups excluding carboxylic acids is 1. The minimum absolute atomic E-state index is 0.0146. The summed E-state index contributed by atoms with van der Waals surface area (Å²) in [5.74, 6) is -0.174. The predicted octanol–water partition coefficient (Wildman–Crippen LogP) is 1.86. The van der Waals surface area contributed by atoms with E-state index in [1.807, 2.05) is 30.3 Å². The zero-order valence-electron chi connectivity index (χ0n) is 9.26.